The number of nitrogens with one attached hydrogen (secondary N) is 1. The summed E-state index contributed by atoms with van der Waals surface area (Å²) in [6.07, 6.45) is -1.60. The molecule has 2 amide bonds. The van der Waals surface area contributed by atoms with Crippen LogP contribution in [0.4, 0.5) is 18.0 Å². The lowest BCUT2D eigenvalue weighted by molar-refractivity contribution is -0.137. The average molecular weight is 341 g/mol. The van der Waals surface area contributed by atoms with Crippen LogP contribution >= 0.6 is 0 Å². The zero-order valence-electron chi connectivity index (χ0n) is 13.5. The maximum Gasteiger partial charge on any atom is 0.416 e. The average Bonchev–Trinajstić information content (AvgIpc) is 2.56. The molecule has 132 valence electrons. The SMILES string of the molecule is O=C1NCCCN1C1CCN(Cc2cccc(C(F)(F)F)c2)CC1. The van der Waals surface area contributed by atoms with E-state index in [1.54, 1.807) is 6.07 Å². The van der Waals surface area contributed by atoms with Gasteiger partial charge >= 0.3 is 12.2 Å². The molecular weight excluding hydrogens is 319 g/mol. The van der Waals surface area contributed by atoms with Gasteiger partial charge in [-0.15, -0.1) is 0 Å². The number of nitrogens with zero attached hydrogens (tertiary/aromatic N) is 2. The molecule has 2 fully saturated rings. The van der Waals surface area contributed by atoms with Crippen molar-refractivity contribution in [2.24, 2.45) is 0 Å². The number of piperidine rings is 1. The van der Waals surface area contributed by atoms with E-state index < -0.39 is 11.7 Å². The van der Waals surface area contributed by atoms with Crippen LogP contribution in [-0.2, 0) is 12.7 Å². The molecule has 2 heterocycles. The van der Waals surface area contributed by atoms with Gasteiger partial charge in [0.05, 0.1) is 5.56 Å². The van der Waals surface area contributed by atoms with E-state index in [0.29, 0.717) is 12.1 Å². The molecule has 0 saturated carbocycles. The van der Waals surface area contributed by atoms with Crippen LogP contribution in [0.2, 0.25) is 0 Å². The molecule has 0 aromatic heterocycles. The highest BCUT2D eigenvalue weighted by molar-refractivity contribution is 5.75. The molecule has 2 aliphatic heterocycles. The Kier molecular flexibility index (Phi) is 4.99. The summed E-state index contributed by atoms with van der Waals surface area (Å²) >= 11 is 0. The van der Waals surface area contributed by atoms with Crippen LogP contribution in [0.15, 0.2) is 24.3 Å². The number of rotatable bonds is 3. The minimum absolute atomic E-state index is 0.0116. The highest BCUT2D eigenvalue weighted by Crippen LogP contribution is 2.30. The molecule has 2 aliphatic rings. The summed E-state index contributed by atoms with van der Waals surface area (Å²) in [6.45, 7) is 3.64. The number of hydrogen-bond acceptors (Lipinski definition) is 2. The minimum atomic E-state index is -4.30. The van der Waals surface area contributed by atoms with Crippen LogP contribution in [0.1, 0.15) is 30.4 Å². The van der Waals surface area contributed by atoms with Crippen molar-refractivity contribution in [3.63, 3.8) is 0 Å². The normalized spacial score (nSPS) is 21.0. The largest absolute Gasteiger partial charge is 0.416 e. The van der Waals surface area contributed by atoms with Crippen molar-refractivity contribution in [1.29, 1.82) is 0 Å². The first kappa shape index (κ1) is 17.1. The summed E-state index contributed by atoms with van der Waals surface area (Å²) in [5.41, 5.74) is 0.0823. The maximum atomic E-state index is 12.8. The number of amides is 2. The summed E-state index contributed by atoms with van der Waals surface area (Å²) < 4.78 is 38.3. The Morgan fingerprint density at radius 3 is 2.58 bits per heavy atom. The molecule has 24 heavy (non-hydrogen) atoms. The van der Waals surface area contributed by atoms with Gasteiger partial charge in [0.2, 0.25) is 0 Å². The van der Waals surface area contributed by atoms with E-state index in [1.807, 2.05) is 4.90 Å². The number of halogens is 3. The topological polar surface area (TPSA) is 35.6 Å². The predicted octanol–water partition coefficient (Wildman–Crippen LogP) is 3.09. The number of urea groups is 1. The molecule has 7 heteroatoms. The van der Waals surface area contributed by atoms with E-state index in [-0.39, 0.29) is 12.1 Å². The molecule has 0 unspecified atom stereocenters. The summed E-state index contributed by atoms with van der Waals surface area (Å²) in [7, 11) is 0. The second-order valence-corrected chi connectivity index (χ2v) is 6.48. The Morgan fingerprint density at radius 2 is 1.92 bits per heavy atom. The third-order valence-electron chi connectivity index (χ3n) is 4.77. The number of likely N-dealkylation sites (tertiary alicyclic amines) is 1. The summed E-state index contributed by atoms with van der Waals surface area (Å²) in [5, 5.41) is 2.87. The first-order chi connectivity index (χ1) is 11.4. The second kappa shape index (κ2) is 7.01. The number of carbonyl (C=O) groups is 1. The monoisotopic (exact) mass is 341 g/mol. The first-order valence-corrected chi connectivity index (χ1v) is 8.36. The van der Waals surface area contributed by atoms with Gasteiger partial charge in [0, 0.05) is 38.8 Å². The lowest BCUT2D eigenvalue weighted by Crippen LogP contribution is -2.54. The van der Waals surface area contributed by atoms with Crippen molar-refractivity contribution < 1.29 is 18.0 Å². The van der Waals surface area contributed by atoms with Gasteiger partial charge in [0.15, 0.2) is 0 Å². The van der Waals surface area contributed by atoms with Crippen LogP contribution in [0, 0.1) is 0 Å². The highest BCUT2D eigenvalue weighted by Gasteiger charge is 2.31. The lowest BCUT2D eigenvalue weighted by atomic mass is 10.0. The Hall–Kier alpha value is -1.76. The molecule has 4 nitrogen and oxygen atoms in total. The third kappa shape index (κ3) is 4.01. The number of hydrogen-bond donors (Lipinski definition) is 1. The second-order valence-electron chi connectivity index (χ2n) is 6.48. The van der Waals surface area contributed by atoms with Crippen molar-refractivity contribution >= 4 is 6.03 Å². The molecule has 0 radical (unpaired) electrons. The van der Waals surface area contributed by atoms with Gasteiger partial charge in [-0.05, 0) is 30.9 Å². The predicted molar refractivity (Wildman–Crippen MR) is 84.5 cm³/mol. The smallest absolute Gasteiger partial charge is 0.338 e. The van der Waals surface area contributed by atoms with Crippen LogP contribution in [-0.4, -0.2) is 48.1 Å². The van der Waals surface area contributed by atoms with Crippen LogP contribution < -0.4 is 5.32 Å². The standard InChI is InChI=1S/C17H22F3N3O/c18-17(19,20)14-4-1-3-13(11-14)12-22-9-5-15(6-10-22)23-8-2-7-21-16(23)24/h1,3-4,11,15H,2,5-10,12H2,(H,21,24). The number of benzene rings is 1. The van der Waals surface area contributed by atoms with Gasteiger partial charge in [-0.25, -0.2) is 4.79 Å². The fourth-order valence-corrected chi connectivity index (χ4v) is 3.49. The van der Waals surface area contributed by atoms with E-state index in [2.05, 4.69) is 10.2 Å². The molecule has 0 aliphatic carbocycles. The van der Waals surface area contributed by atoms with Crippen molar-refractivity contribution in [1.82, 2.24) is 15.1 Å². The Bertz CT molecular complexity index is 583. The molecule has 0 spiro atoms. The van der Waals surface area contributed by atoms with Gasteiger partial charge in [-0.3, -0.25) is 4.90 Å². The summed E-state index contributed by atoms with van der Waals surface area (Å²) in [6, 6.07) is 5.78. The van der Waals surface area contributed by atoms with Crippen molar-refractivity contribution in [3.8, 4) is 0 Å². The summed E-state index contributed by atoms with van der Waals surface area (Å²) in [5.74, 6) is 0. The van der Waals surface area contributed by atoms with Gasteiger partial charge in [0.1, 0.15) is 0 Å². The maximum absolute atomic E-state index is 12.8. The van der Waals surface area contributed by atoms with Crippen LogP contribution in [0.3, 0.4) is 0 Å². The van der Waals surface area contributed by atoms with E-state index in [9.17, 15) is 18.0 Å². The van der Waals surface area contributed by atoms with E-state index in [4.69, 9.17) is 0 Å². The molecule has 1 N–H and O–H groups in total. The quantitative estimate of drug-likeness (QED) is 0.917. The van der Waals surface area contributed by atoms with Gasteiger partial charge < -0.3 is 10.2 Å². The molecule has 0 atom stereocenters. The molecule has 2 saturated heterocycles. The number of carbonyl (C=O) groups excluding carboxylic acids is 1. The van der Waals surface area contributed by atoms with Gasteiger partial charge in [0.25, 0.3) is 0 Å². The molecule has 1 aromatic carbocycles. The van der Waals surface area contributed by atoms with E-state index in [0.717, 1.165) is 51.5 Å². The highest BCUT2D eigenvalue weighted by atomic mass is 19.4. The molecular formula is C17H22F3N3O. The zero-order valence-corrected chi connectivity index (χ0v) is 13.5. The lowest BCUT2D eigenvalue weighted by Gasteiger charge is -2.40. The van der Waals surface area contributed by atoms with E-state index in [1.165, 1.54) is 12.1 Å². The van der Waals surface area contributed by atoms with Crippen molar-refractivity contribution in [2.75, 3.05) is 26.2 Å². The fourth-order valence-electron chi connectivity index (χ4n) is 3.49. The van der Waals surface area contributed by atoms with Crippen molar-refractivity contribution in [3.05, 3.63) is 35.4 Å². The Labute approximate surface area is 139 Å². The van der Waals surface area contributed by atoms with Crippen LogP contribution in [0.25, 0.3) is 0 Å². The van der Waals surface area contributed by atoms with Crippen molar-refractivity contribution in [2.45, 2.75) is 38.0 Å². The van der Waals surface area contributed by atoms with Gasteiger partial charge in [-0.2, -0.15) is 13.2 Å². The Balaban J connectivity index is 1.55. The molecule has 0 bridgehead atoms. The zero-order chi connectivity index (χ0) is 17.2. The fraction of sp³-hybridized carbons (Fsp3) is 0.588. The van der Waals surface area contributed by atoms with Crippen LogP contribution in [0.5, 0.6) is 0 Å². The third-order valence-corrected chi connectivity index (χ3v) is 4.77. The number of alkyl halides is 3. The minimum Gasteiger partial charge on any atom is -0.338 e. The first-order valence-electron chi connectivity index (χ1n) is 8.36. The molecule has 3 rings (SSSR count). The van der Waals surface area contributed by atoms with E-state index >= 15 is 0 Å². The summed E-state index contributed by atoms with van der Waals surface area (Å²) in [4.78, 5) is 16.0. The Morgan fingerprint density at radius 1 is 1.17 bits per heavy atom. The van der Waals surface area contributed by atoms with Gasteiger partial charge in [-0.1, -0.05) is 18.2 Å². The molecule has 1 aromatic rings.